The maximum atomic E-state index is 11.3. The first-order valence-electron chi connectivity index (χ1n) is 6.28. The third kappa shape index (κ3) is 5.68. The molecule has 0 bridgehead atoms. The minimum Gasteiger partial charge on any atom is -0.494 e. The number of hydrogen-bond acceptors (Lipinski definition) is 3. The average Bonchev–Trinajstić information content (AvgIpc) is 2.37. The minimum atomic E-state index is -0.158. The van der Waals surface area contributed by atoms with E-state index in [1.165, 1.54) is 20.0 Å². The zero-order valence-electron chi connectivity index (χ0n) is 11.1. The Bertz CT molecular complexity index is 349. The van der Waals surface area contributed by atoms with Crippen molar-refractivity contribution in [1.29, 1.82) is 0 Å². The summed E-state index contributed by atoms with van der Waals surface area (Å²) in [4.78, 5) is 11.3. The highest BCUT2D eigenvalue weighted by Crippen LogP contribution is 2.16. The van der Waals surface area contributed by atoms with Gasteiger partial charge in [-0.15, -0.1) is 0 Å². The summed E-state index contributed by atoms with van der Waals surface area (Å²) in [5.74, 6) is 0.671. The number of unbranched alkanes of at least 4 members (excludes halogenated alkanes) is 2. The van der Waals surface area contributed by atoms with E-state index in [4.69, 9.17) is 9.47 Å². The summed E-state index contributed by atoms with van der Waals surface area (Å²) in [6.07, 6.45) is 3.45. The third-order valence-corrected chi connectivity index (χ3v) is 2.43. The van der Waals surface area contributed by atoms with Crippen molar-refractivity contribution in [3.8, 4) is 5.75 Å². The summed E-state index contributed by atoms with van der Waals surface area (Å²) in [7, 11) is 1.49. The van der Waals surface area contributed by atoms with E-state index in [-0.39, 0.29) is 12.5 Å². The van der Waals surface area contributed by atoms with E-state index in [1.807, 2.05) is 24.3 Å². The fourth-order valence-electron chi connectivity index (χ4n) is 1.50. The molecule has 1 rings (SSSR count). The summed E-state index contributed by atoms with van der Waals surface area (Å²) in [6, 6.07) is 7.36. The summed E-state index contributed by atoms with van der Waals surface area (Å²) in [6.45, 7) is 2.97. The van der Waals surface area contributed by atoms with Gasteiger partial charge in [0.2, 0.25) is 5.91 Å². The molecule has 0 radical (unpaired) electrons. The molecular weight excluding hydrogens is 230 g/mol. The molecule has 1 N–H and O–H groups in total. The molecule has 0 aliphatic heterocycles. The highest BCUT2D eigenvalue weighted by atomic mass is 16.5. The third-order valence-electron chi connectivity index (χ3n) is 2.43. The molecule has 0 aliphatic rings. The van der Waals surface area contributed by atoms with Gasteiger partial charge in [-0.1, -0.05) is 19.8 Å². The van der Waals surface area contributed by atoms with Gasteiger partial charge >= 0.3 is 0 Å². The first kappa shape index (κ1) is 14.5. The van der Waals surface area contributed by atoms with Crippen LogP contribution in [0.4, 0.5) is 5.69 Å². The Kier molecular flexibility index (Phi) is 6.87. The SMILES string of the molecule is CCCCCOc1ccc(NC(=O)COC)cc1. The van der Waals surface area contributed by atoms with Gasteiger partial charge in [0, 0.05) is 12.8 Å². The standard InChI is InChI=1S/C14H21NO3/c1-3-4-5-10-18-13-8-6-12(7-9-13)15-14(16)11-17-2/h6-9H,3-5,10-11H2,1-2H3,(H,15,16). The molecular formula is C14H21NO3. The number of rotatable bonds is 8. The smallest absolute Gasteiger partial charge is 0.250 e. The normalized spacial score (nSPS) is 10.1. The summed E-state index contributed by atoms with van der Waals surface area (Å²) in [5.41, 5.74) is 0.748. The Morgan fingerprint density at radius 1 is 1.22 bits per heavy atom. The number of hydrogen-bond donors (Lipinski definition) is 1. The van der Waals surface area contributed by atoms with Gasteiger partial charge in [-0.25, -0.2) is 0 Å². The summed E-state index contributed by atoms with van der Waals surface area (Å²) in [5, 5.41) is 2.73. The second-order valence-electron chi connectivity index (χ2n) is 4.06. The van der Waals surface area contributed by atoms with Crippen LogP contribution in [0.1, 0.15) is 26.2 Å². The number of ether oxygens (including phenoxy) is 2. The van der Waals surface area contributed by atoms with Crippen LogP contribution in [0, 0.1) is 0 Å². The van der Waals surface area contributed by atoms with Crippen molar-refractivity contribution in [3.05, 3.63) is 24.3 Å². The van der Waals surface area contributed by atoms with Gasteiger partial charge in [-0.3, -0.25) is 4.79 Å². The number of benzene rings is 1. The second kappa shape index (κ2) is 8.53. The second-order valence-corrected chi connectivity index (χ2v) is 4.06. The number of anilines is 1. The molecule has 100 valence electrons. The van der Waals surface area contributed by atoms with Gasteiger partial charge in [0.05, 0.1) is 6.61 Å². The quantitative estimate of drug-likeness (QED) is 0.723. The Morgan fingerprint density at radius 3 is 2.56 bits per heavy atom. The van der Waals surface area contributed by atoms with Crippen LogP contribution in [0.3, 0.4) is 0 Å². The van der Waals surface area contributed by atoms with Crippen LogP contribution in [-0.4, -0.2) is 26.2 Å². The van der Waals surface area contributed by atoms with Crippen molar-refractivity contribution >= 4 is 11.6 Å². The van der Waals surface area contributed by atoms with Crippen LogP contribution in [0.5, 0.6) is 5.75 Å². The van der Waals surface area contributed by atoms with Crippen LogP contribution >= 0.6 is 0 Å². The molecule has 4 nitrogen and oxygen atoms in total. The molecule has 0 aliphatic carbocycles. The monoisotopic (exact) mass is 251 g/mol. The van der Waals surface area contributed by atoms with Gasteiger partial charge < -0.3 is 14.8 Å². The van der Waals surface area contributed by atoms with Crippen molar-refractivity contribution < 1.29 is 14.3 Å². The van der Waals surface area contributed by atoms with Crippen molar-refractivity contribution in [2.75, 3.05) is 25.6 Å². The van der Waals surface area contributed by atoms with Gasteiger partial charge in [0.15, 0.2) is 0 Å². The average molecular weight is 251 g/mol. The zero-order chi connectivity index (χ0) is 13.2. The number of nitrogens with one attached hydrogen (secondary N) is 1. The lowest BCUT2D eigenvalue weighted by atomic mass is 10.2. The number of amides is 1. The van der Waals surface area contributed by atoms with E-state index in [0.29, 0.717) is 0 Å². The van der Waals surface area contributed by atoms with Gasteiger partial charge in [-0.2, -0.15) is 0 Å². The predicted octanol–water partition coefficient (Wildman–Crippen LogP) is 2.84. The van der Waals surface area contributed by atoms with Crippen molar-refractivity contribution in [3.63, 3.8) is 0 Å². The molecule has 1 amide bonds. The van der Waals surface area contributed by atoms with E-state index in [9.17, 15) is 4.79 Å². The van der Waals surface area contributed by atoms with Gasteiger partial charge in [0.25, 0.3) is 0 Å². The molecule has 0 unspecified atom stereocenters. The summed E-state index contributed by atoms with van der Waals surface area (Å²) < 4.78 is 10.3. The van der Waals surface area contributed by atoms with E-state index < -0.39 is 0 Å². The van der Waals surface area contributed by atoms with Crippen molar-refractivity contribution in [1.82, 2.24) is 0 Å². The molecule has 0 saturated carbocycles. The lowest BCUT2D eigenvalue weighted by Gasteiger charge is -2.07. The van der Waals surface area contributed by atoms with Gasteiger partial charge in [-0.05, 0) is 30.7 Å². The van der Waals surface area contributed by atoms with Crippen molar-refractivity contribution in [2.24, 2.45) is 0 Å². The molecule has 0 saturated heterocycles. The molecule has 0 spiro atoms. The van der Waals surface area contributed by atoms with Crippen LogP contribution in [0.15, 0.2) is 24.3 Å². The van der Waals surface area contributed by atoms with Crippen LogP contribution < -0.4 is 10.1 Å². The molecule has 0 heterocycles. The predicted molar refractivity (Wildman–Crippen MR) is 72.0 cm³/mol. The first-order chi connectivity index (χ1) is 8.76. The Hall–Kier alpha value is -1.55. The van der Waals surface area contributed by atoms with Gasteiger partial charge in [0.1, 0.15) is 12.4 Å². The van der Waals surface area contributed by atoms with Crippen molar-refractivity contribution in [2.45, 2.75) is 26.2 Å². The molecule has 0 aromatic heterocycles. The Labute approximate surface area is 108 Å². The van der Waals surface area contributed by atoms with E-state index in [0.717, 1.165) is 24.5 Å². The molecule has 1 aromatic carbocycles. The highest BCUT2D eigenvalue weighted by Gasteiger charge is 2.01. The first-order valence-corrected chi connectivity index (χ1v) is 6.28. The maximum Gasteiger partial charge on any atom is 0.250 e. The van der Waals surface area contributed by atoms with Crippen LogP contribution in [0.25, 0.3) is 0 Å². The molecule has 18 heavy (non-hydrogen) atoms. The Morgan fingerprint density at radius 2 is 1.94 bits per heavy atom. The topological polar surface area (TPSA) is 47.6 Å². The van der Waals surface area contributed by atoms with Crippen LogP contribution in [-0.2, 0) is 9.53 Å². The number of carbonyl (C=O) groups excluding carboxylic acids is 1. The number of carbonyl (C=O) groups is 1. The lowest BCUT2D eigenvalue weighted by molar-refractivity contribution is -0.119. The van der Waals surface area contributed by atoms with E-state index in [1.54, 1.807) is 0 Å². The zero-order valence-corrected chi connectivity index (χ0v) is 11.1. The van der Waals surface area contributed by atoms with Crippen LogP contribution in [0.2, 0.25) is 0 Å². The minimum absolute atomic E-state index is 0.0648. The lowest BCUT2D eigenvalue weighted by Crippen LogP contribution is -2.16. The molecule has 4 heteroatoms. The molecule has 1 aromatic rings. The van der Waals surface area contributed by atoms with E-state index >= 15 is 0 Å². The number of methoxy groups -OCH3 is 1. The largest absolute Gasteiger partial charge is 0.494 e. The highest BCUT2D eigenvalue weighted by molar-refractivity contribution is 5.91. The molecule has 0 atom stereocenters. The fraction of sp³-hybridized carbons (Fsp3) is 0.500. The fourth-order valence-corrected chi connectivity index (χ4v) is 1.50. The maximum absolute atomic E-state index is 11.3. The summed E-state index contributed by atoms with van der Waals surface area (Å²) >= 11 is 0. The van der Waals surface area contributed by atoms with E-state index in [2.05, 4.69) is 12.2 Å². The Balaban J connectivity index is 2.35. The molecule has 0 fully saturated rings.